The molecule has 0 bridgehead atoms. The Balaban J connectivity index is 1.64. The van der Waals surface area contributed by atoms with Gasteiger partial charge in [0.25, 0.3) is 5.91 Å². The first kappa shape index (κ1) is 21.1. The van der Waals surface area contributed by atoms with Crippen LogP contribution in [0.15, 0.2) is 42.7 Å². The molecule has 1 unspecified atom stereocenters. The summed E-state index contributed by atoms with van der Waals surface area (Å²) in [5.74, 6) is -0.611. The third kappa shape index (κ3) is 4.18. The number of amides is 1. The van der Waals surface area contributed by atoms with E-state index in [1.54, 1.807) is 18.5 Å². The molecule has 4 nitrogen and oxygen atoms in total. The first-order valence-electron chi connectivity index (χ1n) is 10.2. The van der Waals surface area contributed by atoms with Gasteiger partial charge in [-0.2, -0.15) is 13.2 Å². The largest absolute Gasteiger partial charge is 0.417 e. The Kier molecular flexibility index (Phi) is 6.02. The molecule has 2 saturated heterocycles. The van der Waals surface area contributed by atoms with E-state index in [0.717, 1.165) is 43.9 Å². The third-order valence-corrected chi connectivity index (χ3v) is 6.57. The van der Waals surface area contributed by atoms with Gasteiger partial charge in [-0.05, 0) is 56.0 Å². The van der Waals surface area contributed by atoms with Gasteiger partial charge >= 0.3 is 6.18 Å². The second-order valence-corrected chi connectivity index (χ2v) is 8.31. The molecule has 8 heteroatoms. The summed E-state index contributed by atoms with van der Waals surface area (Å²) >= 11 is 5.98. The standard InChI is InChI=1S/C22H23ClF3N3O/c23-19-16(7-3-8-17(19)22(24,25)26)21(30)28-20(14-5-4-11-27-13-14)18-10-9-15-6-1-2-12-29(15)18/h3-5,7-8,11,13,15,18,20H,1-2,6,9-10,12H2,(H,28,30)/t15-,18-,20?/m0/s1. The van der Waals surface area contributed by atoms with Crippen LogP contribution in [-0.2, 0) is 6.18 Å². The van der Waals surface area contributed by atoms with Crippen LogP contribution in [0.2, 0.25) is 5.02 Å². The summed E-state index contributed by atoms with van der Waals surface area (Å²) < 4.78 is 39.7. The van der Waals surface area contributed by atoms with Crippen molar-refractivity contribution in [3.8, 4) is 0 Å². The SMILES string of the molecule is O=C(NC(c1cccnc1)[C@@H]1CC[C@@H]2CCCCN21)c1cccc(C(F)(F)F)c1Cl. The molecular weight excluding hydrogens is 415 g/mol. The average Bonchev–Trinajstić information content (AvgIpc) is 3.15. The zero-order valence-electron chi connectivity index (χ0n) is 16.3. The molecule has 2 aliphatic heterocycles. The molecular formula is C22H23ClF3N3O. The van der Waals surface area contributed by atoms with E-state index in [1.807, 2.05) is 6.07 Å². The number of halogens is 4. The second kappa shape index (κ2) is 8.55. The fourth-order valence-electron chi connectivity index (χ4n) is 4.76. The van der Waals surface area contributed by atoms with Gasteiger partial charge in [0.1, 0.15) is 0 Å². The minimum Gasteiger partial charge on any atom is -0.344 e. The molecule has 1 aromatic heterocycles. The lowest BCUT2D eigenvalue weighted by Crippen LogP contribution is -2.47. The van der Waals surface area contributed by atoms with Gasteiger partial charge in [-0.15, -0.1) is 0 Å². The number of fused-ring (bicyclic) bond motifs is 1. The third-order valence-electron chi connectivity index (χ3n) is 6.16. The first-order chi connectivity index (χ1) is 14.4. The molecule has 4 rings (SSSR count). The van der Waals surface area contributed by atoms with Crippen molar-refractivity contribution < 1.29 is 18.0 Å². The minimum absolute atomic E-state index is 0.0769. The monoisotopic (exact) mass is 437 g/mol. The number of piperidine rings is 1. The van der Waals surface area contributed by atoms with Crippen LogP contribution in [0.3, 0.4) is 0 Å². The van der Waals surface area contributed by atoms with Crippen molar-refractivity contribution in [1.29, 1.82) is 0 Å². The molecule has 2 aromatic rings. The fraction of sp³-hybridized carbons (Fsp3) is 0.455. The molecule has 160 valence electrons. The normalized spacial score (nSPS) is 23.1. The Labute approximate surface area is 178 Å². The number of alkyl halides is 3. The van der Waals surface area contributed by atoms with Gasteiger partial charge in [0.15, 0.2) is 0 Å². The number of carbonyl (C=O) groups excluding carboxylic acids is 1. The molecule has 2 aliphatic rings. The molecule has 1 aromatic carbocycles. The van der Waals surface area contributed by atoms with Gasteiger partial charge in [-0.1, -0.05) is 30.2 Å². The summed E-state index contributed by atoms with van der Waals surface area (Å²) in [6, 6.07) is 7.30. The van der Waals surface area contributed by atoms with E-state index in [4.69, 9.17) is 11.6 Å². The van der Waals surface area contributed by atoms with Crippen molar-refractivity contribution in [3.63, 3.8) is 0 Å². The minimum atomic E-state index is -4.62. The number of aromatic nitrogens is 1. The summed E-state index contributed by atoms with van der Waals surface area (Å²) in [6.45, 7) is 0.965. The highest BCUT2D eigenvalue weighted by Crippen LogP contribution is 2.39. The van der Waals surface area contributed by atoms with E-state index >= 15 is 0 Å². The summed E-state index contributed by atoms with van der Waals surface area (Å²) in [5.41, 5.74) is -0.342. The number of nitrogens with zero attached hydrogens (tertiary/aromatic N) is 2. The van der Waals surface area contributed by atoms with Crippen molar-refractivity contribution in [2.24, 2.45) is 0 Å². The maximum absolute atomic E-state index is 13.2. The molecule has 3 heterocycles. The van der Waals surface area contributed by atoms with Gasteiger partial charge in [-0.25, -0.2) is 0 Å². The highest BCUT2D eigenvalue weighted by Gasteiger charge is 2.41. The van der Waals surface area contributed by atoms with Gasteiger partial charge in [0.05, 0.1) is 22.2 Å². The van der Waals surface area contributed by atoms with Crippen LogP contribution in [0.4, 0.5) is 13.2 Å². The number of hydrogen-bond acceptors (Lipinski definition) is 3. The van der Waals surface area contributed by atoms with Crippen LogP contribution < -0.4 is 5.32 Å². The maximum Gasteiger partial charge on any atom is 0.417 e. The maximum atomic E-state index is 13.2. The molecule has 1 N–H and O–H groups in total. The van der Waals surface area contributed by atoms with E-state index in [2.05, 4.69) is 15.2 Å². The lowest BCUT2D eigenvalue weighted by atomic mass is 9.97. The molecule has 0 spiro atoms. The Morgan fingerprint density at radius 1 is 1.17 bits per heavy atom. The quantitative estimate of drug-likeness (QED) is 0.711. The summed E-state index contributed by atoms with van der Waals surface area (Å²) in [6.07, 6.45) is 4.17. The lowest BCUT2D eigenvalue weighted by Gasteiger charge is -2.38. The van der Waals surface area contributed by atoms with Crippen molar-refractivity contribution in [3.05, 3.63) is 64.4 Å². The Morgan fingerprint density at radius 2 is 2.00 bits per heavy atom. The number of hydrogen-bond donors (Lipinski definition) is 1. The topological polar surface area (TPSA) is 45.2 Å². The number of pyridine rings is 1. The van der Waals surface area contributed by atoms with Crippen LogP contribution >= 0.6 is 11.6 Å². The molecule has 2 fully saturated rings. The van der Waals surface area contributed by atoms with Crippen LogP contribution in [0.25, 0.3) is 0 Å². The van der Waals surface area contributed by atoms with Gasteiger partial charge in [-0.3, -0.25) is 14.7 Å². The second-order valence-electron chi connectivity index (χ2n) is 7.93. The highest BCUT2D eigenvalue weighted by molar-refractivity contribution is 6.34. The predicted molar refractivity (Wildman–Crippen MR) is 108 cm³/mol. The lowest BCUT2D eigenvalue weighted by molar-refractivity contribution is -0.137. The van der Waals surface area contributed by atoms with Crippen LogP contribution in [0.5, 0.6) is 0 Å². The number of nitrogens with one attached hydrogen (secondary N) is 1. The highest BCUT2D eigenvalue weighted by atomic mass is 35.5. The average molecular weight is 438 g/mol. The van der Waals surface area contributed by atoms with Crippen molar-refractivity contribution >= 4 is 17.5 Å². The first-order valence-corrected chi connectivity index (χ1v) is 10.6. The smallest absolute Gasteiger partial charge is 0.344 e. The van der Waals surface area contributed by atoms with E-state index in [1.165, 1.54) is 18.6 Å². The number of benzene rings is 1. The van der Waals surface area contributed by atoms with Gasteiger partial charge in [0.2, 0.25) is 0 Å². The summed E-state index contributed by atoms with van der Waals surface area (Å²) in [5, 5.41) is 2.40. The molecule has 1 amide bonds. The zero-order valence-corrected chi connectivity index (χ0v) is 17.1. The van der Waals surface area contributed by atoms with Crippen LogP contribution in [-0.4, -0.2) is 34.4 Å². The van der Waals surface area contributed by atoms with Gasteiger partial charge < -0.3 is 5.32 Å². The van der Waals surface area contributed by atoms with E-state index in [0.29, 0.717) is 6.04 Å². The predicted octanol–water partition coefficient (Wildman–Crippen LogP) is 5.24. The molecule has 0 radical (unpaired) electrons. The Bertz CT molecular complexity index is 906. The Morgan fingerprint density at radius 3 is 2.73 bits per heavy atom. The van der Waals surface area contributed by atoms with E-state index < -0.39 is 22.7 Å². The molecule has 0 saturated carbocycles. The molecule has 0 aliphatic carbocycles. The Hall–Kier alpha value is -2.12. The zero-order chi connectivity index (χ0) is 21.3. The van der Waals surface area contributed by atoms with Crippen molar-refractivity contribution in [1.82, 2.24) is 15.2 Å². The van der Waals surface area contributed by atoms with Crippen LogP contribution in [0.1, 0.15) is 59.6 Å². The van der Waals surface area contributed by atoms with Crippen molar-refractivity contribution in [2.75, 3.05) is 6.54 Å². The molecule has 3 atom stereocenters. The summed E-state index contributed by atoms with van der Waals surface area (Å²) in [4.78, 5) is 19.7. The number of carbonyl (C=O) groups is 1. The fourth-order valence-corrected chi connectivity index (χ4v) is 5.08. The van der Waals surface area contributed by atoms with E-state index in [-0.39, 0.29) is 17.6 Å². The van der Waals surface area contributed by atoms with Crippen molar-refractivity contribution in [2.45, 2.75) is 56.4 Å². The summed E-state index contributed by atoms with van der Waals surface area (Å²) in [7, 11) is 0. The van der Waals surface area contributed by atoms with E-state index in [9.17, 15) is 18.0 Å². The van der Waals surface area contributed by atoms with Gasteiger partial charge in [0, 0.05) is 24.5 Å². The van der Waals surface area contributed by atoms with Crippen LogP contribution in [0, 0.1) is 0 Å². The number of rotatable bonds is 4. The molecule has 30 heavy (non-hydrogen) atoms.